The molecule has 0 saturated heterocycles. The van der Waals surface area contributed by atoms with Crippen LogP contribution in [0.2, 0.25) is 0 Å². The molecule has 4 heteroatoms. The number of carbonyl (C=O) groups excluding carboxylic acids is 2. The molecule has 25 heavy (non-hydrogen) atoms. The highest BCUT2D eigenvalue weighted by Gasteiger charge is 2.20. The van der Waals surface area contributed by atoms with Gasteiger partial charge in [0, 0.05) is 25.1 Å². The number of nitrogens with one attached hydrogen (secondary N) is 2. The number of hydrogen-bond donors (Lipinski definition) is 2. The van der Waals surface area contributed by atoms with Crippen molar-refractivity contribution in [3.8, 4) is 0 Å². The van der Waals surface area contributed by atoms with Crippen LogP contribution in [0.3, 0.4) is 0 Å². The van der Waals surface area contributed by atoms with Crippen LogP contribution in [0.15, 0.2) is 48.5 Å². The van der Waals surface area contributed by atoms with E-state index in [4.69, 9.17) is 0 Å². The van der Waals surface area contributed by atoms with E-state index in [-0.39, 0.29) is 11.8 Å². The quantitative estimate of drug-likeness (QED) is 0.879. The van der Waals surface area contributed by atoms with Crippen molar-refractivity contribution in [2.45, 2.75) is 38.5 Å². The smallest absolute Gasteiger partial charge is 0.224 e. The Morgan fingerprint density at radius 2 is 1.84 bits per heavy atom. The highest BCUT2D eigenvalue weighted by molar-refractivity contribution is 5.88. The van der Waals surface area contributed by atoms with Crippen molar-refractivity contribution in [1.29, 1.82) is 0 Å². The summed E-state index contributed by atoms with van der Waals surface area (Å²) in [5.74, 6) is 0.352. The van der Waals surface area contributed by atoms with E-state index < -0.39 is 0 Å². The number of amides is 2. The molecule has 0 fully saturated rings. The van der Waals surface area contributed by atoms with E-state index in [1.165, 1.54) is 24.5 Å². The Morgan fingerprint density at radius 3 is 2.60 bits per heavy atom. The lowest BCUT2D eigenvalue weighted by molar-refractivity contribution is -0.120. The maximum Gasteiger partial charge on any atom is 0.224 e. The summed E-state index contributed by atoms with van der Waals surface area (Å²) in [6, 6.07) is 15.9. The lowest BCUT2D eigenvalue weighted by Crippen LogP contribution is -2.31. The van der Waals surface area contributed by atoms with Crippen LogP contribution in [0.1, 0.15) is 42.4 Å². The Morgan fingerprint density at radius 1 is 1.08 bits per heavy atom. The number of carbonyl (C=O) groups is 2. The minimum Gasteiger partial charge on any atom is -0.355 e. The molecule has 2 N–H and O–H groups in total. The molecular formula is C21H24N2O2. The number of benzene rings is 2. The molecule has 1 atom stereocenters. The normalized spacial score (nSPS) is 16.0. The Bertz CT molecular complexity index is 753. The van der Waals surface area contributed by atoms with Crippen molar-refractivity contribution in [2.24, 2.45) is 0 Å². The predicted molar refractivity (Wildman–Crippen MR) is 99.6 cm³/mol. The highest BCUT2D eigenvalue weighted by Crippen LogP contribution is 2.30. The second kappa shape index (κ2) is 7.97. The highest BCUT2D eigenvalue weighted by atomic mass is 16.2. The molecule has 0 saturated carbocycles. The van der Waals surface area contributed by atoms with Gasteiger partial charge in [-0.25, -0.2) is 0 Å². The van der Waals surface area contributed by atoms with Gasteiger partial charge in [-0.1, -0.05) is 36.4 Å². The first kappa shape index (κ1) is 17.2. The molecule has 1 unspecified atom stereocenters. The summed E-state index contributed by atoms with van der Waals surface area (Å²) in [6.07, 6.45) is 3.81. The Hall–Kier alpha value is -2.62. The van der Waals surface area contributed by atoms with Crippen molar-refractivity contribution in [3.63, 3.8) is 0 Å². The zero-order valence-electron chi connectivity index (χ0n) is 14.5. The first-order valence-electron chi connectivity index (χ1n) is 8.83. The van der Waals surface area contributed by atoms with E-state index in [0.717, 1.165) is 24.1 Å². The third kappa shape index (κ3) is 4.69. The monoisotopic (exact) mass is 336 g/mol. The van der Waals surface area contributed by atoms with Crippen LogP contribution in [0, 0.1) is 0 Å². The number of aryl methyl sites for hydroxylation is 1. The second-order valence-corrected chi connectivity index (χ2v) is 6.65. The van der Waals surface area contributed by atoms with E-state index in [9.17, 15) is 9.59 Å². The number of hydrogen-bond acceptors (Lipinski definition) is 2. The van der Waals surface area contributed by atoms with E-state index in [1.54, 1.807) is 0 Å². The molecule has 1 aliphatic carbocycles. The number of anilines is 1. The number of rotatable bonds is 5. The molecule has 0 aromatic heterocycles. The fourth-order valence-corrected chi connectivity index (χ4v) is 3.46. The van der Waals surface area contributed by atoms with Crippen molar-refractivity contribution in [2.75, 3.05) is 11.9 Å². The zero-order chi connectivity index (χ0) is 17.6. The van der Waals surface area contributed by atoms with E-state index >= 15 is 0 Å². The Labute approximate surface area is 148 Å². The van der Waals surface area contributed by atoms with Crippen molar-refractivity contribution in [1.82, 2.24) is 5.32 Å². The fourth-order valence-electron chi connectivity index (χ4n) is 3.46. The van der Waals surface area contributed by atoms with Gasteiger partial charge in [0.15, 0.2) is 0 Å². The van der Waals surface area contributed by atoms with Crippen LogP contribution in [-0.2, 0) is 22.4 Å². The number of fused-ring (bicyclic) bond motifs is 1. The molecule has 4 nitrogen and oxygen atoms in total. The largest absolute Gasteiger partial charge is 0.355 e. The van der Waals surface area contributed by atoms with Gasteiger partial charge >= 0.3 is 0 Å². The van der Waals surface area contributed by atoms with Gasteiger partial charge in [0.1, 0.15) is 0 Å². The maximum atomic E-state index is 12.2. The summed E-state index contributed by atoms with van der Waals surface area (Å²) in [7, 11) is 0. The topological polar surface area (TPSA) is 58.2 Å². The van der Waals surface area contributed by atoms with Crippen molar-refractivity contribution >= 4 is 17.5 Å². The molecule has 0 spiro atoms. The molecule has 2 amide bonds. The minimum atomic E-state index is -0.0988. The first-order chi connectivity index (χ1) is 12.1. The summed E-state index contributed by atoms with van der Waals surface area (Å²) in [6.45, 7) is 2.17. The predicted octanol–water partition coefficient (Wildman–Crippen LogP) is 3.42. The Kier molecular flexibility index (Phi) is 5.49. The fraction of sp³-hybridized carbons (Fsp3) is 0.333. The second-order valence-electron chi connectivity index (χ2n) is 6.65. The first-order valence-corrected chi connectivity index (χ1v) is 8.83. The van der Waals surface area contributed by atoms with Crippen LogP contribution in [0.5, 0.6) is 0 Å². The Balaban J connectivity index is 1.53. The van der Waals surface area contributed by atoms with Crippen LogP contribution in [-0.4, -0.2) is 18.4 Å². The zero-order valence-corrected chi connectivity index (χ0v) is 14.5. The van der Waals surface area contributed by atoms with Crippen molar-refractivity contribution < 1.29 is 9.59 Å². The summed E-state index contributed by atoms with van der Waals surface area (Å²) < 4.78 is 0. The van der Waals surface area contributed by atoms with Gasteiger partial charge in [-0.05, 0) is 48.1 Å². The summed E-state index contributed by atoms with van der Waals surface area (Å²) in [4.78, 5) is 23.3. The molecule has 0 aliphatic heterocycles. The van der Waals surface area contributed by atoms with Gasteiger partial charge in [0.05, 0.1) is 6.42 Å². The van der Waals surface area contributed by atoms with Crippen molar-refractivity contribution in [3.05, 3.63) is 65.2 Å². The third-order valence-corrected chi connectivity index (χ3v) is 4.68. The SMILES string of the molecule is CC(=O)Nc1ccc(CC(=O)NCC2CCCc3ccccc32)cc1. The summed E-state index contributed by atoms with van der Waals surface area (Å²) >= 11 is 0. The molecule has 0 radical (unpaired) electrons. The van der Waals surface area contributed by atoms with Gasteiger partial charge < -0.3 is 10.6 Å². The van der Waals surface area contributed by atoms with E-state index in [2.05, 4.69) is 34.9 Å². The minimum absolute atomic E-state index is 0.0373. The molecule has 0 heterocycles. The lowest BCUT2D eigenvalue weighted by atomic mass is 9.83. The average molecular weight is 336 g/mol. The van der Waals surface area contributed by atoms with E-state index in [0.29, 0.717) is 18.9 Å². The maximum absolute atomic E-state index is 12.2. The molecule has 3 rings (SSSR count). The molecule has 0 bridgehead atoms. The van der Waals surface area contributed by atoms with Crippen LogP contribution < -0.4 is 10.6 Å². The molecular weight excluding hydrogens is 312 g/mol. The van der Waals surface area contributed by atoms with Gasteiger partial charge in [0.25, 0.3) is 0 Å². The van der Waals surface area contributed by atoms with Crippen LogP contribution in [0.25, 0.3) is 0 Å². The summed E-state index contributed by atoms with van der Waals surface area (Å²) in [5.41, 5.74) is 4.49. The van der Waals surface area contributed by atoms with Gasteiger partial charge in [-0.2, -0.15) is 0 Å². The van der Waals surface area contributed by atoms with Gasteiger partial charge in [-0.15, -0.1) is 0 Å². The van der Waals surface area contributed by atoms with Gasteiger partial charge in [0.2, 0.25) is 11.8 Å². The summed E-state index contributed by atoms with van der Waals surface area (Å²) in [5, 5.41) is 5.80. The third-order valence-electron chi connectivity index (χ3n) is 4.68. The standard InChI is InChI=1S/C21H24N2O2/c1-15(24)23-19-11-9-16(10-12-19)13-21(25)22-14-18-7-4-6-17-5-2-3-8-20(17)18/h2-3,5,8-12,18H,4,6-7,13-14H2,1H3,(H,22,25)(H,23,24). The van der Waals surface area contributed by atoms with Gasteiger partial charge in [-0.3, -0.25) is 9.59 Å². The lowest BCUT2D eigenvalue weighted by Gasteiger charge is -2.25. The molecule has 2 aromatic carbocycles. The van der Waals surface area contributed by atoms with Crippen LogP contribution >= 0.6 is 0 Å². The average Bonchev–Trinajstić information content (AvgIpc) is 2.61. The van der Waals surface area contributed by atoms with E-state index in [1.807, 2.05) is 24.3 Å². The van der Waals surface area contributed by atoms with Crippen LogP contribution in [0.4, 0.5) is 5.69 Å². The molecule has 2 aromatic rings. The molecule has 1 aliphatic rings. The molecule has 130 valence electrons.